The van der Waals surface area contributed by atoms with Crippen LogP contribution in [0.1, 0.15) is 11.5 Å². The van der Waals surface area contributed by atoms with Crippen molar-refractivity contribution in [2.75, 3.05) is 32.5 Å². The first-order chi connectivity index (χ1) is 8.18. The fourth-order valence-electron chi connectivity index (χ4n) is 1.85. The number of nitrogens with one attached hydrogen (secondary N) is 2. The molecule has 0 saturated heterocycles. The zero-order valence-electron chi connectivity index (χ0n) is 10.2. The Bertz CT molecular complexity index is 440. The number of hydrogen-bond donors (Lipinski definition) is 2. The highest BCUT2D eigenvalue weighted by atomic mass is 16.2. The fraction of sp³-hybridized carbons (Fsp3) is 0.385. The minimum Gasteiger partial charge on any atom is -0.338 e. The van der Waals surface area contributed by atoms with E-state index < -0.39 is 0 Å². The number of anilines is 1. The highest BCUT2D eigenvalue weighted by Crippen LogP contribution is 2.30. The molecule has 0 bridgehead atoms. The lowest BCUT2D eigenvalue weighted by atomic mass is 10.0. The molecule has 1 amide bonds. The lowest BCUT2D eigenvalue weighted by molar-refractivity contribution is -0.856. The maximum Gasteiger partial charge on any atom is 0.237 e. The molecule has 0 spiro atoms. The largest absolute Gasteiger partial charge is 0.338 e. The lowest BCUT2D eigenvalue weighted by Crippen LogP contribution is -3.06. The van der Waals surface area contributed by atoms with Gasteiger partial charge in [-0.15, -0.1) is 0 Å². The van der Waals surface area contributed by atoms with E-state index in [0.717, 1.165) is 24.3 Å². The van der Waals surface area contributed by atoms with Crippen LogP contribution in [0.2, 0.25) is 0 Å². The summed E-state index contributed by atoms with van der Waals surface area (Å²) in [5, 5.41) is 2.86. The number of para-hydroxylation sites is 1. The SMILES string of the molecule is C[NH+](C)CCN=CC1C(=O)Nc2ccccc21. The second-order valence-electron chi connectivity index (χ2n) is 4.57. The summed E-state index contributed by atoms with van der Waals surface area (Å²) in [6.07, 6.45) is 1.77. The van der Waals surface area contributed by atoms with Crippen LogP contribution in [-0.2, 0) is 4.79 Å². The molecular weight excluding hydrogens is 214 g/mol. The summed E-state index contributed by atoms with van der Waals surface area (Å²) < 4.78 is 0. The third-order valence-electron chi connectivity index (χ3n) is 2.83. The standard InChI is InChI=1S/C13H17N3O/c1-16(2)8-7-14-9-11-10-5-3-4-6-12(10)15-13(11)17/h3-6,9,11H,7-8H2,1-2H3,(H,15,17)/p+1. The summed E-state index contributed by atoms with van der Waals surface area (Å²) in [6.45, 7) is 1.74. The molecular formula is C13H18N3O+. The van der Waals surface area contributed by atoms with Crippen LogP contribution in [0, 0.1) is 0 Å². The Morgan fingerprint density at radius 2 is 2.18 bits per heavy atom. The van der Waals surface area contributed by atoms with E-state index in [9.17, 15) is 4.79 Å². The normalized spacial score (nSPS) is 18.8. The molecule has 0 radical (unpaired) electrons. The van der Waals surface area contributed by atoms with Gasteiger partial charge in [0.25, 0.3) is 0 Å². The van der Waals surface area contributed by atoms with Gasteiger partial charge in [0.05, 0.1) is 27.2 Å². The van der Waals surface area contributed by atoms with E-state index in [1.165, 1.54) is 4.90 Å². The number of carbonyl (C=O) groups is 1. The molecule has 1 aromatic rings. The Balaban J connectivity index is 2.04. The van der Waals surface area contributed by atoms with Gasteiger partial charge in [-0.2, -0.15) is 0 Å². The van der Waals surface area contributed by atoms with Gasteiger partial charge in [-0.1, -0.05) is 18.2 Å². The molecule has 4 nitrogen and oxygen atoms in total. The maximum absolute atomic E-state index is 11.8. The average Bonchev–Trinajstić information content (AvgIpc) is 2.60. The van der Waals surface area contributed by atoms with Gasteiger partial charge >= 0.3 is 0 Å². The van der Waals surface area contributed by atoms with Crippen LogP contribution >= 0.6 is 0 Å². The van der Waals surface area contributed by atoms with Crippen LogP contribution in [0.5, 0.6) is 0 Å². The van der Waals surface area contributed by atoms with Gasteiger partial charge in [0, 0.05) is 11.9 Å². The zero-order chi connectivity index (χ0) is 12.3. The number of hydrogen-bond acceptors (Lipinski definition) is 2. The number of quaternary nitrogens is 1. The van der Waals surface area contributed by atoms with Crippen molar-refractivity contribution in [2.24, 2.45) is 4.99 Å². The van der Waals surface area contributed by atoms with E-state index in [4.69, 9.17) is 0 Å². The Morgan fingerprint density at radius 3 is 2.94 bits per heavy atom. The number of aliphatic imine (C=N–C) groups is 1. The molecule has 1 aliphatic rings. The third kappa shape index (κ3) is 2.71. The Labute approximate surface area is 101 Å². The van der Waals surface area contributed by atoms with Gasteiger partial charge in [-0.3, -0.25) is 9.79 Å². The van der Waals surface area contributed by atoms with Gasteiger partial charge in [0.2, 0.25) is 5.91 Å². The van der Waals surface area contributed by atoms with Crippen LogP contribution < -0.4 is 10.2 Å². The van der Waals surface area contributed by atoms with Gasteiger partial charge in [0.15, 0.2) is 0 Å². The van der Waals surface area contributed by atoms with Crippen molar-refractivity contribution >= 4 is 17.8 Å². The average molecular weight is 232 g/mol. The molecule has 1 aromatic carbocycles. The smallest absolute Gasteiger partial charge is 0.237 e. The molecule has 90 valence electrons. The molecule has 2 N–H and O–H groups in total. The number of fused-ring (bicyclic) bond motifs is 1. The molecule has 0 aromatic heterocycles. The number of rotatable bonds is 4. The van der Waals surface area contributed by atoms with Crippen molar-refractivity contribution in [3.63, 3.8) is 0 Å². The molecule has 1 heterocycles. The molecule has 2 rings (SSSR count). The van der Waals surface area contributed by atoms with Crippen molar-refractivity contribution in [1.29, 1.82) is 0 Å². The van der Waals surface area contributed by atoms with Crippen molar-refractivity contribution < 1.29 is 9.69 Å². The maximum atomic E-state index is 11.8. The first kappa shape index (κ1) is 11.8. The molecule has 0 saturated carbocycles. The number of likely N-dealkylation sites (N-methyl/N-ethyl adjacent to an activating group) is 1. The predicted octanol–water partition coefficient (Wildman–Crippen LogP) is -0.0624. The summed E-state index contributed by atoms with van der Waals surface area (Å²) in [5.41, 5.74) is 1.94. The fourth-order valence-corrected chi connectivity index (χ4v) is 1.85. The minimum absolute atomic E-state index is 0.0205. The number of amides is 1. The molecule has 1 atom stereocenters. The summed E-state index contributed by atoms with van der Waals surface area (Å²) in [7, 11) is 4.18. The van der Waals surface area contributed by atoms with Crippen LogP contribution in [-0.4, -0.2) is 39.3 Å². The van der Waals surface area contributed by atoms with Gasteiger partial charge < -0.3 is 10.2 Å². The summed E-state index contributed by atoms with van der Waals surface area (Å²) in [5.74, 6) is -0.199. The number of benzene rings is 1. The molecule has 1 aliphatic heterocycles. The van der Waals surface area contributed by atoms with Crippen molar-refractivity contribution in [3.8, 4) is 0 Å². The summed E-state index contributed by atoms with van der Waals surface area (Å²) >= 11 is 0. The Morgan fingerprint density at radius 1 is 1.41 bits per heavy atom. The lowest BCUT2D eigenvalue weighted by Gasteiger charge is -2.04. The van der Waals surface area contributed by atoms with Gasteiger partial charge in [-0.05, 0) is 11.6 Å². The minimum atomic E-state index is -0.219. The molecule has 1 unspecified atom stereocenters. The topological polar surface area (TPSA) is 45.9 Å². The molecule has 0 fully saturated rings. The molecule has 0 aliphatic carbocycles. The van der Waals surface area contributed by atoms with E-state index in [0.29, 0.717) is 0 Å². The first-order valence-corrected chi connectivity index (χ1v) is 5.87. The number of carbonyl (C=O) groups excluding carboxylic acids is 1. The molecule has 17 heavy (non-hydrogen) atoms. The monoisotopic (exact) mass is 232 g/mol. The van der Waals surface area contributed by atoms with Crippen LogP contribution in [0.3, 0.4) is 0 Å². The van der Waals surface area contributed by atoms with Crippen LogP contribution in [0.4, 0.5) is 5.69 Å². The van der Waals surface area contributed by atoms with Crippen molar-refractivity contribution in [3.05, 3.63) is 29.8 Å². The highest BCUT2D eigenvalue weighted by Gasteiger charge is 2.28. The van der Waals surface area contributed by atoms with Crippen molar-refractivity contribution in [1.82, 2.24) is 0 Å². The molecule has 4 heteroatoms. The quantitative estimate of drug-likeness (QED) is 0.702. The Kier molecular flexibility index (Phi) is 3.54. The van der Waals surface area contributed by atoms with E-state index >= 15 is 0 Å². The summed E-state index contributed by atoms with van der Waals surface area (Å²) in [4.78, 5) is 17.4. The highest BCUT2D eigenvalue weighted by molar-refractivity contribution is 6.12. The first-order valence-electron chi connectivity index (χ1n) is 5.87. The van der Waals surface area contributed by atoms with E-state index in [2.05, 4.69) is 24.4 Å². The number of nitrogens with zero attached hydrogens (tertiary/aromatic N) is 1. The second kappa shape index (κ2) is 5.10. The van der Waals surface area contributed by atoms with Crippen molar-refractivity contribution in [2.45, 2.75) is 5.92 Å². The summed E-state index contributed by atoms with van der Waals surface area (Å²) in [6, 6.07) is 7.77. The van der Waals surface area contributed by atoms with E-state index in [1.807, 2.05) is 24.3 Å². The Hall–Kier alpha value is -1.68. The van der Waals surface area contributed by atoms with Gasteiger partial charge in [-0.25, -0.2) is 0 Å². The van der Waals surface area contributed by atoms with Gasteiger partial charge in [0.1, 0.15) is 5.92 Å². The van der Waals surface area contributed by atoms with Crippen LogP contribution in [0.25, 0.3) is 0 Å². The van der Waals surface area contributed by atoms with E-state index in [-0.39, 0.29) is 11.8 Å². The second-order valence-corrected chi connectivity index (χ2v) is 4.57. The van der Waals surface area contributed by atoms with Crippen LogP contribution in [0.15, 0.2) is 29.3 Å². The zero-order valence-corrected chi connectivity index (χ0v) is 10.2. The predicted molar refractivity (Wildman–Crippen MR) is 68.8 cm³/mol. The third-order valence-corrected chi connectivity index (χ3v) is 2.83. The van der Waals surface area contributed by atoms with E-state index in [1.54, 1.807) is 6.21 Å².